The summed E-state index contributed by atoms with van der Waals surface area (Å²) < 4.78 is 7.73. The molecule has 1 saturated heterocycles. The second-order valence-corrected chi connectivity index (χ2v) is 9.11. The Bertz CT molecular complexity index is 1230. The lowest BCUT2D eigenvalue weighted by molar-refractivity contribution is -0.122. The number of azo groups is 1. The number of hydrogen-bond acceptors (Lipinski definition) is 8. The highest BCUT2D eigenvalue weighted by Crippen LogP contribution is 2.40. The summed E-state index contributed by atoms with van der Waals surface area (Å²) >= 11 is 3.47. The summed E-state index contributed by atoms with van der Waals surface area (Å²) in [5.41, 5.74) is 1.85. The van der Waals surface area contributed by atoms with Gasteiger partial charge in [0.25, 0.3) is 0 Å². The molecule has 1 N–H and O–H groups in total. The van der Waals surface area contributed by atoms with Crippen LogP contribution in [0.1, 0.15) is 5.56 Å². The number of halogens is 1. The molecule has 1 aliphatic rings. The number of carbonyl (C=O) groups excluding carboxylic acids is 1. The first-order valence-electron chi connectivity index (χ1n) is 11.1. The Balaban J connectivity index is 1.44. The maximum Gasteiger partial charge on any atom is 0.304 e. The molecule has 0 bridgehead atoms. The topological polar surface area (TPSA) is 104 Å². The van der Waals surface area contributed by atoms with E-state index in [-0.39, 0.29) is 18.2 Å². The van der Waals surface area contributed by atoms with Gasteiger partial charge in [0.15, 0.2) is 12.3 Å². The van der Waals surface area contributed by atoms with E-state index in [0.717, 1.165) is 47.5 Å². The second kappa shape index (κ2) is 11.4. The molecule has 1 amide bonds. The van der Waals surface area contributed by atoms with Crippen LogP contribution in [-0.2, 0) is 16.3 Å². The number of aromatic nitrogens is 1. The van der Waals surface area contributed by atoms with Crippen molar-refractivity contribution < 1.29 is 19.5 Å². The van der Waals surface area contributed by atoms with Crippen LogP contribution in [0.15, 0.2) is 62.3 Å². The standard InChI is InChI=1S/C24H27BrN6O4/c1-29-9-11-30(12-10-29)16-31-21-8-5-18(25)13-20(21)23(24(31)33)28-27-22(32)15-35-26-14-17-3-6-19(34-2)7-4-17/h3-8,13-14,33H,9-12,15-16H2,1-2H3. The summed E-state index contributed by atoms with van der Waals surface area (Å²) in [5.74, 6) is 0.0806. The molecule has 11 heteroatoms. The Labute approximate surface area is 211 Å². The van der Waals surface area contributed by atoms with Crippen LogP contribution >= 0.6 is 15.9 Å². The van der Waals surface area contributed by atoms with Crippen LogP contribution < -0.4 is 4.74 Å². The zero-order valence-corrected chi connectivity index (χ0v) is 21.2. The number of likely N-dealkylation sites (N-methyl/N-ethyl adjacent to an activating group) is 1. The second-order valence-electron chi connectivity index (χ2n) is 8.20. The fourth-order valence-corrected chi connectivity index (χ4v) is 4.10. The van der Waals surface area contributed by atoms with E-state index in [1.165, 1.54) is 6.21 Å². The lowest BCUT2D eigenvalue weighted by Crippen LogP contribution is -2.44. The van der Waals surface area contributed by atoms with E-state index >= 15 is 0 Å². The number of carbonyl (C=O) groups is 1. The first-order chi connectivity index (χ1) is 16.9. The molecule has 0 saturated carbocycles. The summed E-state index contributed by atoms with van der Waals surface area (Å²) in [7, 11) is 3.69. The predicted molar refractivity (Wildman–Crippen MR) is 136 cm³/mol. The predicted octanol–water partition coefficient (Wildman–Crippen LogP) is 3.98. The molecule has 1 aromatic heterocycles. The van der Waals surface area contributed by atoms with Gasteiger partial charge in [0.1, 0.15) is 5.75 Å². The van der Waals surface area contributed by atoms with Crippen LogP contribution in [0.5, 0.6) is 11.6 Å². The van der Waals surface area contributed by atoms with Gasteiger partial charge in [0.2, 0.25) is 5.88 Å². The smallest absolute Gasteiger partial charge is 0.304 e. The number of ether oxygens (including phenoxy) is 1. The maximum atomic E-state index is 12.2. The summed E-state index contributed by atoms with van der Waals surface area (Å²) in [6.07, 6.45) is 1.49. The van der Waals surface area contributed by atoms with Crippen LogP contribution in [-0.4, -0.2) is 78.5 Å². The van der Waals surface area contributed by atoms with Gasteiger partial charge in [-0.25, -0.2) is 0 Å². The highest BCUT2D eigenvalue weighted by molar-refractivity contribution is 9.10. The van der Waals surface area contributed by atoms with E-state index in [4.69, 9.17) is 9.57 Å². The van der Waals surface area contributed by atoms with Crippen molar-refractivity contribution in [3.8, 4) is 11.6 Å². The number of fused-ring (bicyclic) bond motifs is 1. The third-order valence-electron chi connectivity index (χ3n) is 5.75. The van der Waals surface area contributed by atoms with Crippen molar-refractivity contribution in [2.45, 2.75) is 6.67 Å². The van der Waals surface area contributed by atoms with Crippen LogP contribution in [0, 0.1) is 0 Å². The van der Waals surface area contributed by atoms with E-state index in [1.807, 2.05) is 30.3 Å². The van der Waals surface area contributed by atoms with Crippen LogP contribution in [0.25, 0.3) is 10.9 Å². The van der Waals surface area contributed by atoms with E-state index in [2.05, 4.69) is 48.2 Å². The normalized spacial score (nSPS) is 15.4. The van der Waals surface area contributed by atoms with E-state index in [9.17, 15) is 9.90 Å². The Morgan fingerprint density at radius 2 is 1.89 bits per heavy atom. The molecule has 0 unspecified atom stereocenters. The Morgan fingerprint density at radius 3 is 2.60 bits per heavy atom. The lowest BCUT2D eigenvalue weighted by atomic mass is 10.2. The minimum Gasteiger partial charge on any atom is -0.497 e. The van der Waals surface area contributed by atoms with Crippen molar-refractivity contribution in [1.29, 1.82) is 0 Å². The van der Waals surface area contributed by atoms with E-state index in [0.29, 0.717) is 12.1 Å². The number of methoxy groups -OCH3 is 1. The van der Waals surface area contributed by atoms with Crippen molar-refractivity contribution in [2.75, 3.05) is 46.9 Å². The molecule has 35 heavy (non-hydrogen) atoms. The van der Waals surface area contributed by atoms with Crippen molar-refractivity contribution >= 4 is 44.6 Å². The third-order valence-corrected chi connectivity index (χ3v) is 6.24. The van der Waals surface area contributed by atoms with Crippen LogP contribution in [0.3, 0.4) is 0 Å². The number of hydrogen-bond donors (Lipinski definition) is 1. The molecule has 0 radical (unpaired) electrons. The first kappa shape index (κ1) is 24.8. The average molecular weight is 543 g/mol. The summed E-state index contributed by atoms with van der Waals surface area (Å²) in [6.45, 7) is 3.87. The van der Waals surface area contributed by atoms with Gasteiger partial charge < -0.3 is 19.6 Å². The SMILES string of the molecule is COc1ccc(C=NOCC(=O)N=Nc2c(O)n(CN3CCN(C)CC3)c3ccc(Br)cc23)cc1. The molecule has 0 spiro atoms. The van der Waals surface area contributed by atoms with Gasteiger partial charge in [-0.15, -0.1) is 10.2 Å². The molecular weight excluding hydrogens is 516 g/mol. The molecule has 0 aliphatic carbocycles. The van der Waals surface area contributed by atoms with Crippen LogP contribution in [0.4, 0.5) is 5.69 Å². The fourth-order valence-electron chi connectivity index (χ4n) is 3.74. The number of piperazine rings is 1. The molecular formula is C24H27BrN6O4. The fraction of sp³-hybridized carbons (Fsp3) is 0.333. The van der Waals surface area contributed by atoms with Crippen molar-refractivity contribution in [3.05, 3.63) is 52.5 Å². The Morgan fingerprint density at radius 1 is 1.14 bits per heavy atom. The molecule has 4 rings (SSSR count). The number of oxime groups is 1. The average Bonchev–Trinajstić information content (AvgIpc) is 3.12. The number of rotatable bonds is 8. The third kappa shape index (κ3) is 6.24. The van der Waals surface area contributed by atoms with Gasteiger partial charge in [-0.05, 0) is 55.1 Å². The molecule has 0 atom stereocenters. The summed E-state index contributed by atoms with van der Waals surface area (Å²) in [6, 6.07) is 12.9. The number of benzene rings is 2. The zero-order valence-electron chi connectivity index (χ0n) is 19.6. The Kier molecular flexibility index (Phi) is 8.11. The number of amides is 1. The highest BCUT2D eigenvalue weighted by atomic mass is 79.9. The van der Waals surface area contributed by atoms with Crippen molar-refractivity contribution in [2.24, 2.45) is 15.4 Å². The zero-order chi connectivity index (χ0) is 24.8. The number of nitrogens with zero attached hydrogens (tertiary/aromatic N) is 6. The molecule has 10 nitrogen and oxygen atoms in total. The van der Waals surface area contributed by atoms with Crippen molar-refractivity contribution in [1.82, 2.24) is 14.4 Å². The van der Waals surface area contributed by atoms with Gasteiger partial charge in [-0.2, -0.15) is 0 Å². The quantitative estimate of drug-likeness (QED) is 0.262. The minimum atomic E-state index is -0.619. The summed E-state index contributed by atoms with van der Waals surface area (Å²) in [4.78, 5) is 21.8. The Hall–Kier alpha value is -3.28. The first-order valence-corrected chi connectivity index (χ1v) is 11.9. The highest BCUT2D eigenvalue weighted by Gasteiger charge is 2.21. The van der Waals surface area contributed by atoms with Crippen LogP contribution in [0.2, 0.25) is 0 Å². The lowest BCUT2D eigenvalue weighted by Gasteiger charge is -2.32. The van der Waals surface area contributed by atoms with Gasteiger partial charge >= 0.3 is 5.91 Å². The molecule has 184 valence electrons. The molecule has 1 fully saturated rings. The molecule has 2 heterocycles. The molecule has 3 aromatic rings. The molecule has 2 aromatic carbocycles. The monoisotopic (exact) mass is 542 g/mol. The van der Waals surface area contributed by atoms with Gasteiger partial charge in [-0.3, -0.25) is 14.3 Å². The van der Waals surface area contributed by atoms with E-state index < -0.39 is 5.91 Å². The van der Waals surface area contributed by atoms with Gasteiger partial charge in [-0.1, -0.05) is 21.1 Å². The van der Waals surface area contributed by atoms with Gasteiger partial charge in [0.05, 0.1) is 25.5 Å². The van der Waals surface area contributed by atoms with E-state index in [1.54, 1.807) is 23.8 Å². The van der Waals surface area contributed by atoms with Gasteiger partial charge in [0, 0.05) is 36.0 Å². The minimum absolute atomic E-state index is 0.0352. The number of aromatic hydroxyl groups is 1. The summed E-state index contributed by atoms with van der Waals surface area (Å²) in [5, 5.41) is 23.2. The van der Waals surface area contributed by atoms with Crippen molar-refractivity contribution in [3.63, 3.8) is 0 Å². The maximum absolute atomic E-state index is 12.2. The largest absolute Gasteiger partial charge is 0.497 e. The molecule has 1 aliphatic heterocycles.